The zero-order valence-corrected chi connectivity index (χ0v) is 27.0. The van der Waals surface area contributed by atoms with Crippen molar-refractivity contribution in [2.75, 3.05) is 6.66 Å². The van der Waals surface area contributed by atoms with Gasteiger partial charge >= 0.3 is 0 Å². The van der Waals surface area contributed by atoms with Gasteiger partial charge in [-0.1, -0.05) is 140 Å². The highest BCUT2D eigenvalue weighted by Gasteiger charge is 2.20. The Hall–Kier alpha value is -5.74. The zero-order valence-electron chi connectivity index (χ0n) is 26.2. The van der Waals surface area contributed by atoms with Crippen LogP contribution in [0.4, 0.5) is 0 Å². The minimum Gasteiger partial charge on any atom is -0.341 e. The molecule has 0 aliphatic carbocycles. The second-order valence-electron chi connectivity index (χ2n) is 11.9. The summed E-state index contributed by atoms with van der Waals surface area (Å²) in [6, 6.07) is 52.6. The monoisotopic (exact) mass is 639 g/mol. The second kappa shape index (κ2) is 12.1. The molecule has 0 aliphatic rings. The van der Waals surface area contributed by atoms with Gasteiger partial charge in [0.25, 0.3) is 0 Å². The third-order valence-corrected chi connectivity index (χ3v) is 9.89. The lowest BCUT2D eigenvalue weighted by Crippen LogP contribution is -2.03. The van der Waals surface area contributed by atoms with E-state index in [2.05, 4.69) is 54.6 Å². The van der Waals surface area contributed by atoms with E-state index in [4.69, 9.17) is 15.0 Å². The molecule has 8 aromatic rings. The minimum atomic E-state index is -3.44. The van der Waals surface area contributed by atoms with Crippen LogP contribution in [-0.4, -0.2) is 26.5 Å². The molecule has 0 radical (unpaired) electrons. The summed E-state index contributed by atoms with van der Waals surface area (Å²) in [6.45, 7) is 1.39. The molecule has 0 saturated heterocycles. The fourth-order valence-corrected chi connectivity index (χ4v) is 7.16. The average molecular weight is 640 g/mol. The van der Waals surface area contributed by atoms with E-state index in [1.165, 1.54) is 6.66 Å². The Labute approximate surface area is 278 Å². The van der Waals surface area contributed by atoms with Gasteiger partial charge in [0.05, 0.1) is 0 Å². The van der Waals surface area contributed by atoms with Gasteiger partial charge in [-0.05, 0) is 62.0 Å². The molecule has 7 aromatic carbocycles. The Bertz CT molecular complexity index is 2400. The number of aromatic nitrogens is 3. The van der Waals surface area contributed by atoms with Gasteiger partial charge in [0.1, 0.15) is 0 Å². The summed E-state index contributed by atoms with van der Waals surface area (Å²) in [5, 5.41) is 4.74. The van der Waals surface area contributed by atoms with Gasteiger partial charge in [0.2, 0.25) is 7.37 Å². The van der Waals surface area contributed by atoms with E-state index >= 15 is 0 Å². The van der Waals surface area contributed by atoms with Crippen LogP contribution < -0.4 is 5.30 Å². The van der Waals surface area contributed by atoms with Gasteiger partial charge in [-0.15, -0.1) is 0 Å². The zero-order chi connectivity index (χ0) is 32.7. The fourth-order valence-electron chi connectivity index (χ4n) is 6.42. The second-order valence-corrected chi connectivity index (χ2v) is 14.2. The Balaban J connectivity index is 1.35. The van der Waals surface area contributed by atoms with Crippen molar-refractivity contribution in [2.24, 2.45) is 0 Å². The SMILES string of the molecule is CP(=O)(O)c1cccc(-c2c3ccccc3c(-c3cccc(-c4nc(-c5ccccc5)nc(-c5ccccc5)n4)c3)c3ccccc23)c1. The first-order valence-corrected chi connectivity index (χ1v) is 17.9. The van der Waals surface area contributed by atoms with Gasteiger partial charge in [0, 0.05) is 28.7 Å². The molecule has 1 heterocycles. The Morgan fingerprint density at radius 2 is 0.771 bits per heavy atom. The molecule has 1 atom stereocenters. The summed E-state index contributed by atoms with van der Waals surface area (Å²) in [6.07, 6.45) is 0. The molecule has 1 N–H and O–H groups in total. The molecular formula is C42H30N3O2P. The largest absolute Gasteiger partial charge is 0.341 e. The summed E-state index contributed by atoms with van der Waals surface area (Å²) in [5.74, 6) is 1.83. The Morgan fingerprint density at radius 3 is 1.23 bits per heavy atom. The van der Waals surface area contributed by atoms with E-state index in [-0.39, 0.29) is 0 Å². The lowest BCUT2D eigenvalue weighted by atomic mass is 9.85. The highest BCUT2D eigenvalue weighted by atomic mass is 31.2. The summed E-state index contributed by atoms with van der Waals surface area (Å²) in [5.41, 5.74) is 6.81. The smallest absolute Gasteiger partial charge is 0.226 e. The van der Waals surface area contributed by atoms with E-state index in [0.717, 1.165) is 60.5 Å². The van der Waals surface area contributed by atoms with Crippen molar-refractivity contribution < 1.29 is 9.46 Å². The van der Waals surface area contributed by atoms with E-state index in [0.29, 0.717) is 22.8 Å². The molecule has 8 rings (SSSR count). The quantitative estimate of drug-likeness (QED) is 0.145. The summed E-state index contributed by atoms with van der Waals surface area (Å²) >= 11 is 0. The molecule has 0 amide bonds. The first-order chi connectivity index (χ1) is 23.4. The van der Waals surface area contributed by atoms with Crippen molar-refractivity contribution in [1.29, 1.82) is 0 Å². The molecule has 48 heavy (non-hydrogen) atoms. The molecule has 5 nitrogen and oxygen atoms in total. The van der Waals surface area contributed by atoms with E-state index < -0.39 is 7.37 Å². The fraction of sp³-hybridized carbons (Fsp3) is 0.0238. The first kappa shape index (κ1) is 29.6. The number of fused-ring (bicyclic) bond motifs is 2. The molecular weight excluding hydrogens is 609 g/mol. The van der Waals surface area contributed by atoms with Gasteiger partial charge in [-0.3, -0.25) is 4.57 Å². The third-order valence-electron chi connectivity index (χ3n) is 8.65. The molecule has 0 bridgehead atoms. The Kier molecular flexibility index (Phi) is 7.49. The maximum absolute atomic E-state index is 12.7. The molecule has 1 unspecified atom stereocenters. The lowest BCUT2D eigenvalue weighted by Gasteiger charge is -2.18. The summed E-state index contributed by atoms with van der Waals surface area (Å²) < 4.78 is 12.7. The van der Waals surface area contributed by atoms with Crippen LogP contribution in [0, 0.1) is 0 Å². The maximum atomic E-state index is 12.7. The molecule has 1 aromatic heterocycles. The van der Waals surface area contributed by atoms with Crippen molar-refractivity contribution in [3.8, 4) is 56.4 Å². The average Bonchev–Trinajstić information content (AvgIpc) is 3.14. The van der Waals surface area contributed by atoms with Crippen molar-refractivity contribution in [1.82, 2.24) is 15.0 Å². The number of hydrogen-bond donors (Lipinski definition) is 1. The van der Waals surface area contributed by atoms with Crippen LogP contribution in [0.1, 0.15) is 0 Å². The van der Waals surface area contributed by atoms with Crippen LogP contribution in [0.25, 0.3) is 78.0 Å². The molecule has 0 aliphatic heterocycles. The number of rotatable bonds is 6. The highest BCUT2D eigenvalue weighted by Crippen LogP contribution is 2.45. The van der Waals surface area contributed by atoms with Crippen molar-refractivity contribution in [3.05, 3.63) is 158 Å². The van der Waals surface area contributed by atoms with Gasteiger partial charge in [-0.2, -0.15) is 0 Å². The van der Waals surface area contributed by atoms with E-state index in [1.807, 2.05) is 97.1 Å². The highest BCUT2D eigenvalue weighted by molar-refractivity contribution is 7.65. The topological polar surface area (TPSA) is 76.0 Å². The standard InChI is InChI=1S/C42H30N3O2P/c1-48(46,47)33-21-13-19-31(27-33)39-36-24-10-8-22-34(36)38(35-23-9-11-25-37(35)39)30-18-12-20-32(26-30)42-44-40(28-14-4-2-5-15-28)43-41(45-42)29-16-6-3-7-17-29/h2-27H,1H3,(H,46,47). The summed E-state index contributed by atoms with van der Waals surface area (Å²) in [7, 11) is -3.44. The van der Waals surface area contributed by atoms with Gasteiger partial charge in [0.15, 0.2) is 17.5 Å². The maximum Gasteiger partial charge on any atom is 0.226 e. The molecule has 230 valence electrons. The van der Waals surface area contributed by atoms with Crippen molar-refractivity contribution in [2.45, 2.75) is 0 Å². The van der Waals surface area contributed by atoms with Crippen LogP contribution in [0.5, 0.6) is 0 Å². The molecule has 0 spiro atoms. The van der Waals surface area contributed by atoms with Crippen LogP contribution in [0.15, 0.2) is 158 Å². The predicted molar refractivity (Wildman–Crippen MR) is 197 cm³/mol. The van der Waals surface area contributed by atoms with Crippen molar-refractivity contribution >= 4 is 34.2 Å². The third kappa shape index (κ3) is 5.50. The molecule has 0 fully saturated rings. The van der Waals surface area contributed by atoms with Crippen LogP contribution in [0.3, 0.4) is 0 Å². The number of hydrogen-bond acceptors (Lipinski definition) is 4. The molecule has 0 saturated carbocycles. The summed E-state index contributed by atoms with van der Waals surface area (Å²) in [4.78, 5) is 25.2. The lowest BCUT2D eigenvalue weighted by molar-refractivity contribution is 0.496. The molecule has 6 heteroatoms. The van der Waals surface area contributed by atoms with Crippen molar-refractivity contribution in [3.63, 3.8) is 0 Å². The number of benzene rings is 7. The normalized spacial score (nSPS) is 12.6. The van der Waals surface area contributed by atoms with E-state index in [9.17, 15) is 9.46 Å². The van der Waals surface area contributed by atoms with Gasteiger partial charge < -0.3 is 4.89 Å². The van der Waals surface area contributed by atoms with E-state index in [1.54, 1.807) is 6.07 Å². The van der Waals surface area contributed by atoms with Crippen LogP contribution >= 0.6 is 7.37 Å². The predicted octanol–water partition coefficient (Wildman–Crippen LogP) is 10.0. The van der Waals surface area contributed by atoms with Crippen LogP contribution in [0.2, 0.25) is 0 Å². The first-order valence-electron chi connectivity index (χ1n) is 15.8. The number of nitrogens with zero attached hydrogens (tertiary/aromatic N) is 3. The van der Waals surface area contributed by atoms with Gasteiger partial charge in [-0.25, -0.2) is 15.0 Å². The minimum absolute atomic E-state index is 0.437. The Morgan fingerprint density at radius 1 is 0.417 bits per heavy atom. The van der Waals surface area contributed by atoms with Crippen LogP contribution in [-0.2, 0) is 4.57 Å².